The van der Waals surface area contributed by atoms with Gasteiger partial charge in [0.15, 0.2) is 6.10 Å². The predicted molar refractivity (Wildman–Crippen MR) is 61.1 cm³/mol. The van der Waals surface area contributed by atoms with Crippen LogP contribution in [-0.2, 0) is 15.0 Å². The van der Waals surface area contributed by atoms with Gasteiger partial charge < -0.3 is 4.84 Å². The van der Waals surface area contributed by atoms with Crippen LogP contribution in [0.3, 0.4) is 0 Å². The summed E-state index contributed by atoms with van der Waals surface area (Å²) in [5, 5.41) is 3.73. The molecule has 0 spiro atoms. The fourth-order valence-corrected chi connectivity index (χ4v) is 2.24. The van der Waals surface area contributed by atoms with Crippen LogP contribution in [0.5, 0.6) is 0 Å². The van der Waals surface area contributed by atoms with E-state index < -0.39 is 10.1 Å². The lowest BCUT2D eigenvalue weighted by Gasteiger charge is -2.08. The minimum atomic E-state index is -4.13. The summed E-state index contributed by atoms with van der Waals surface area (Å²) >= 11 is 3.21. The number of nitrogens with zero attached hydrogens (tertiary/aromatic N) is 1. The maximum Gasteiger partial charge on any atom is 0.294 e. The third-order valence-corrected chi connectivity index (χ3v) is 3.52. The van der Waals surface area contributed by atoms with Crippen LogP contribution >= 0.6 is 15.9 Å². The number of oxime groups is 1. The van der Waals surface area contributed by atoms with Crippen molar-refractivity contribution in [1.29, 1.82) is 0 Å². The fourth-order valence-electron chi connectivity index (χ4n) is 1.38. The number of halogens is 1. The average Bonchev–Trinajstić information content (AvgIpc) is 2.64. The Balaban J connectivity index is 2.21. The molecule has 86 valence electrons. The molecular weight excluding hydrogens is 298 g/mol. The van der Waals surface area contributed by atoms with Gasteiger partial charge in [-0.1, -0.05) is 17.3 Å². The summed E-state index contributed by atoms with van der Waals surface area (Å²) < 4.78 is 31.1. The molecule has 1 aromatic carbocycles. The minimum absolute atomic E-state index is 0.130. The molecule has 1 aliphatic heterocycles. The number of hydrogen-bond acceptors (Lipinski definition) is 4. The Labute approximate surface area is 101 Å². The highest BCUT2D eigenvalue weighted by molar-refractivity contribution is 9.18. The molecule has 1 aromatic rings. The van der Waals surface area contributed by atoms with Crippen LogP contribution in [-0.4, -0.2) is 17.6 Å². The smallest absolute Gasteiger partial charge is 0.294 e. The van der Waals surface area contributed by atoms with Gasteiger partial charge in [0, 0.05) is 6.42 Å². The van der Waals surface area contributed by atoms with E-state index in [1.807, 2.05) is 0 Å². The molecule has 0 bridgehead atoms. The number of benzene rings is 1. The first kappa shape index (κ1) is 11.6. The summed E-state index contributed by atoms with van der Waals surface area (Å²) in [5.41, 5.74) is 0.811. The van der Waals surface area contributed by atoms with E-state index in [0.717, 1.165) is 10.2 Å². The molecule has 0 fully saturated rings. The maximum absolute atomic E-state index is 10.8. The molecule has 5 nitrogen and oxygen atoms in total. The molecule has 2 rings (SSSR count). The lowest BCUT2D eigenvalue weighted by Crippen LogP contribution is -2.00. The second-order valence-electron chi connectivity index (χ2n) is 3.31. The highest BCUT2D eigenvalue weighted by Gasteiger charge is 2.21. The van der Waals surface area contributed by atoms with Crippen molar-refractivity contribution in [2.45, 2.75) is 17.4 Å². The van der Waals surface area contributed by atoms with Crippen LogP contribution in [0.1, 0.15) is 18.1 Å². The Morgan fingerprint density at radius 2 is 2.00 bits per heavy atom. The van der Waals surface area contributed by atoms with Crippen molar-refractivity contribution in [2.24, 2.45) is 5.16 Å². The van der Waals surface area contributed by atoms with Crippen LogP contribution in [0.25, 0.3) is 0 Å². The Kier molecular flexibility index (Phi) is 3.00. The van der Waals surface area contributed by atoms with Crippen molar-refractivity contribution in [3.05, 3.63) is 29.8 Å². The molecule has 7 heteroatoms. The maximum atomic E-state index is 10.8. The monoisotopic (exact) mass is 305 g/mol. The number of rotatable bonds is 2. The van der Waals surface area contributed by atoms with E-state index in [-0.39, 0.29) is 11.0 Å². The van der Waals surface area contributed by atoms with E-state index in [2.05, 4.69) is 21.1 Å². The minimum Gasteiger partial charge on any atom is -0.386 e. The van der Waals surface area contributed by atoms with Crippen LogP contribution in [0.4, 0.5) is 0 Å². The van der Waals surface area contributed by atoms with Crippen molar-refractivity contribution < 1.29 is 17.8 Å². The van der Waals surface area contributed by atoms with Crippen LogP contribution < -0.4 is 0 Å². The lowest BCUT2D eigenvalue weighted by molar-refractivity contribution is 0.0857. The molecule has 0 radical (unpaired) electrons. The van der Waals surface area contributed by atoms with Gasteiger partial charge in [-0.25, -0.2) is 0 Å². The van der Waals surface area contributed by atoms with Gasteiger partial charge in [0.1, 0.15) is 4.62 Å². The van der Waals surface area contributed by atoms with E-state index in [0.29, 0.717) is 6.42 Å². The molecule has 1 atom stereocenters. The Bertz CT molecular complexity index is 523. The Morgan fingerprint density at radius 1 is 1.38 bits per heavy atom. The SMILES string of the molecule is O=S(=O)(O)c1ccc(C2CC(Br)=NO2)cc1. The van der Waals surface area contributed by atoms with Gasteiger partial charge >= 0.3 is 0 Å². The zero-order chi connectivity index (χ0) is 11.8. The molecule has 0 saturated heterocycles. The molecule has 0 aromatic heterocycles. The zero-order valence-electron chi connectivity index (χ0n) is 8.00. The lowest BCUT2D eigenvalue weighted by atomic mass is 10.1. The second-order valence-corrected chi connectivity index (χ2v) is 5.65. The summed E-state index contributed by atoms with van der Waals surface area (Å²) in [6.07, 6.45) is 0.412. The Morgan fingerprint density at radius 3 is 2.44 bits per heavy atom. The van der Waals surface area contributed by atoms with Crippen molar-refractivity contribution in [2.75, 3.05) is 0 Å². The molecule has 1 N–H and O–H groups in total. The van der Waals surface area contributed by atoms with Gasteiger partial charge in [-0.3, -0.25) is 4.55 Å². The highest BCUT2D eigenvalue weighted by atomic mass is 79.9. The summed E-state index contributed by atoms with van der Waals surface area (Å²) in [5.74, 6) is 0. The van der Waals surface area contributed by atoms with Crippen LogP contribution in [0.15, 0.2) is 34.3 Å². The molecule has 1 heterocycles. The summed E-state index contributed by atoms with van der Waals surface area (Å²) in [6.45, 7) is 0. The predicted octanol–water partition coefficient (Wildman–Crippen LogP) is 2.10. The van der Waals surface area contributed by atoms with Gasteiger partial charge in [0.05, 0.1) is 4.90 Å². The quantitative estimate of drug-likeness (QED) is 0.849. The standard InChI is InChI=1S/C9H8BrNO4S/c10-9-5-8(15-11-9)6-1-3-7(4-2-6)16(12,13)14/h1-4,8H,5H2,(H,12,13,14). The first-order valence-electron chi connectivity index (χ1n) is 4.42. The zero-order valence-corrected chi connectivity index (χ0v) is 10.4. The van der Waals surface area contributed by atoms with Gasteiger partial charge in [-0.15, -0.1) is 0 Å². The first-order chi connectivity index (χ1) is 7.47. The van der Waals surface area contributed by atoms with Gasteiger partial charge in [0.2, 0.25) is 0 Å². The van der Waals surface area contributed by atoms with Crippen molar-refractivity contribution in [3.63, 3.8) is 0 Å². The molecule has 1 unspecified atom stereocenters. The van der Waals surface area contributed by atoms with Crippen molar-refractivity contribution in [3.8, 4) is 0 Å². The summed E-state index contributed by atoms with van der Waals surface area (Å²) in [7, 11) is -4.13. The third kappa shape index (κ3) is 2.42. The molecule has 0 amide bonds. The Hall–Kier alpha value is -0.920. The topological polar surface area (TPSA) is 76.0 Å². The van der Waals surface area contributed by atoms with Crippen LogP contribution in [0, 0.1) is 0 Å². The largest absolute Gasteiger partial charge is 0.386 e. The van der Waals surface area contributed by atoms with E-state index in [1.54, 1.807) is 12.1 Å². The molecule has 0 saturated carbocycles. The van der Waals surface area contributed by atoms with Crippen molar-refractivity contribution in [1.82, 2.24) is 0 Å². The molecular formula is C9H8BrNO4S. The molecule has 0 aliphatic carbocycles. The van der Waals surface area contributed by atoms with Crippen molar-refractivity contribution >= 4 is 30.7 Å². The van der Waals surface area contributed by atoms with Crippen LogP contribution in [0.2, 0.25) is 0 Å². The highest BCUT2D eigenvalue weighted by Crippen LogP contribution is 2.29. The molecule has 16 heavy (non-hydrogen) atoms. The van der Waals surface area contributed by atoms with Gasteiger partial charge in [-0.05, 0) is 33.6 Å². The van der Waals surface area contributed by atoms with Gasteiger partial charge in [-0.2, -0.15) is 8.42 Å². The summed E-state index contributed by atoms with van der Waals surface area (Å²) in [6, 6.07) is 5.85. The van der Waals surface area contributed by atoms with E-state index in [1.165, 1.54) is 12.1 Å². The molecule has 1 aliphatic rings. The van der Waals surface area contributed by atoms with E-state index >= 15 is 0 Å². The van der Waals surface area contributed by atoms with E-state index in [4.69, 9.17) is 9.39 Å². The first-order valence-corrected chi connectivity index (χ1v) is 6.66. The van der Waals surface area contributed by atoms with E-state index in [9.17, 15) is 8.42 Å². The normalized spacial score (nSPS) is 20.4. The fraction of sp³-hybridized carbons (Fsp3) is 0.222. The average molecular weight is 306 g/mol. The third-order valence-electron chi connectivity index (χ3n) is 2.18. The summed E-state index contributed by atoms with van der Waals surface area (Å²) in [4.78, 5) is 4.98. The van der Waals surface area contributed by atoms with Gasteiger partial charge in [0.25, 0.3) is 10.1 Å². The number of hydrogen-bond donors (Lipinski definition) is 1. The second kappa shape index (κ2) is 4.15.